The molecule has 1 aromatic rings. The number of carbonyl (C=O) groups excluding carboxylic acids is 3. The topological polar surface area (TPSA) is 132 Å². The standard InChI is InChI=1S/C23H32N2O8/c1-21(2,3)31-18(28)24-16(14-12-10-11-13-15(14)17(26)27)25(19(29)32-22(4,5)6)20(30)33-23(7,8)9/h10-13H,1-9H3,(H,26,27). The summed E-state index contributed by atoms with van der Waals surface area (Å²) in [6, 6.07) is 5.46. The van der Waals surface area contributed by atoms with E-state index < -0.39 is 46.9 Å². The summed E-state index contributed by atoms with van der Waals surface area (Å²) in [6.45, 7) is 14.3. The molecule has 0 aromatic heterocycles. The summed E-state index contributed by atoms with van der Waals surface area (Å²) in [5.74, 6) is -1.97. The van der Waals surface area contributed by atoms with Crippen LogP contribution in [0.4, 0.5) is 14.4 Å². The predicted octanol–water partition coefficient (Wildman–Crippen LogP) is 5.24. The van der Waals surface area contributed by atoms with E-state index in [0.29, 0.717) is 4.90 Å². The van der Waals surface area contributed by atoms with Crippen molar-refractivity contribution in [3.05, 3.63) is 35.4 Å². The van der Waals surface area contributed by atoms with Gasteiger partial charge in [-0.05, 0) is 68.4 Å². The number of nitrogens with zero attached hydrogens (tertiary/aromatic N) is 2. The lowest BCUT2D eigenvalue weighted by atomic mass is 10.1. The minimum absolute atomic E-state index is 0.187. The number of carboxylic acids is 1. The maximum Gasteiger partial charge on any atom is 0.436 e. The van der Waals surface area contributed by atoms with Gasteiger partial charge < -0.3 is 19.3 Å². The average molecular weight is 465 g/mol. The highest BCUT2D eigenvalue weighted by Crippen LogP contribution is 2.21. The van der Waals surface area contributed by atoms with Crippen molar-refractivity contribution in [2.24, 2.45) is 4.99 Å². The summed E-state index contributed by atoms with van der Waals surface area (Å²) >= 11 is 0. The van der Waals surface area contributed by atoms with Gasteiger partial charge in [0.2, 0.25) is 0 Å². The van der Waals surface area contributed by atoms with E-state index in [9.17, 15) is 24.3 Å². The van der Waals surface area contributed by atoms with Crippen LogP contribution in [0.15, 0.2) is 29.3 Å². The van der Waals surface area contributed by atoms with Gasteiger partial charge >= 0.3 is 24.2 Å². The molecule has 1 rings (SSSR count). The second-order valence-electron chi connectivity index (χ2n) is 10.1. The molecule has 0 aliphatic heterocycles. The second kappa shape index (κ2) is 10.0. The fourth-order valence-corrected chi connectivity index (χ4v) is 2.33. The van der Waals surface area contributed by atoms with E-state index in [0.717, 1.165) is 0 Å². The summed E-state index contributed by atoms with van der Waals surface area (Å²) in [5, 5.41) is 9.64. The number of carbonyl (C=O) groups is 4. The van der Waals surface area contributed by atoms with E-state index in [1.54, 1.807) is 62.3 Å². The summed E-state index contributed by atoms with van der Waals surface area (Å²) < 4.78 is 15.8. The molecule has 0 unspecified atom stereocenters. The van der Waals surface area contributed by atoms with Gasteiger partial charge in [-0.15, -0.1) is 0 Å². The molecule has 33 heavy (non-hydrogen) atoms. The molecule has 0 aliphatic carbocycles. The number of rotatable bonds is 2. The quantitative estimate of drug-likeness (QED) is 0.357. The second-order valence-corrected chi connectivity index (χ2v) is 10.1. The van der Waals surface area contributed by atoms with Gasteiger partial charge in [0.25, 0.3) is 0 Å². The Labute approximate surface area is 193 Å². The molecule has 1 N–H and O–H groups in total. The van der Waals surface area contributed by atoms with Crippen LogP contribution in [-0.2, 0) is 14.2 Å². The van der Waals surface area contributed by atoms with Crippen molar-refractivity contribution < 1.29 is 38.5 Å². The number of hydrogen-bond acceptors (Lipinski definition) is 7. The van der Waals surface area contributed by atoms with Crippen molar-refractivity contribution in [3.8, 4) is 0 Å². The van der Waals surface area contributed by atoms with Gasteiger partial charge in [0, 0.05) is 5.56 Å². The molecule has 0 aliphatic rings. The van der Waals surface area contributed by atoms with Crippen LogP contribution in [0.1, 0.15) is 78.2 Å². The first-order valence-corrected chi connectivity index (χ1v) is 10.2. The van der Waals surface area contributed by atoms with Gasteiger partial charge in [0.15, 0.2) is 5.84 Å². The van der Waals surface area contributed by atoms with E-state index in [2.05, 4.69) is 4.99 Å². The Hall–Kier alpha value is -3.43. The van der Waals surface area contributed by atoms with Crippen LogP contribution < -0.4 is 0 Å². The van der Waals surface area contributed by atoms with Crippen molar-refractivity contribution >= 4 is 30.1 Å². The Kier molecular flexibility index (Phi) is 8.38. The molecule has 0 heterocycles. The van der Waals surface area contributed by atoms with Crippen molar-refractivity contribution in [2.75, 3.05) is 0 Å². The van der Waals surface area contributed by atoms with E-state index in [1.807, 2.05) is 0 Å². The molecule has 0 bridgehead atoms. The summed E-state index contributed by atoms with van der Waals surface area (Å²) in [4.78, 5) is 54.7. The maximum atomic E-state index is 13.1. The van der Waals surface area contributed by atoms with Gasteiger partial charge in [0.05, 0.1) is 5.56 Å². The van der Waals surface area contributed by atoms with Crippen LogP contribution in [0.3, 0.4) is 0 Å². The molecule has 0 atom stereocenters. The highest BCUT2D eigenvalue weighted by molar-refractivity contribution is 6.20. The molecule has 0 saturated heterocycles. The Balaban J connectivity index is 3.82. The highest BCUT2D eigenvalue weighted by atomic mass is 16.6. The number of aromatic carboxylic acids is 1. The van der Waals surface area contributed by atoms with E-state index in [1.165, 1.54) is 24.3 Å². The zero-order valence-electron chi connectivity index (χ0n) is 20.5. The van der Waals surface area contributed by atoms with Gasteiger partial charge in [-0.1, -0.05) is 18.2 Å². The first kappa shape index (κ1) is 27.6. The van der Waals surface area contributed by atoms with E-state index >= 15 is 0 Å². The fourth-order valence-electron chi connectivity index (χ4n) is 2.33. The van der Waals surface area contributed by atoms with E-state index in [-0.39, 0.29) is 11.1 Å². The lowest BCUT2D eigenvalue weighted by Gasteiger charge is -2.29. The number of aliphatic imine (C=N–C) groups is 1. The van der Waals surface area contributed by atoms with Crippen LogP contribution >= 0.6 is 0 Å². The van der Waals surface area contributed by atoms with Crippen molar-refractivity contribution in [2.45, 2.75) is 79.1 Å². The number of carboxylic acid groups (broad SMARTS) is 1. The molecule has 0 spiro atoms. The molecule has 182 valence electrons. The van der Waals surface area contributed by atoms with Gasteiger partial charge in [0.1, 0.15) is 16.8 Å². The molecule has 10 heteroatoms. The minimum Gasteiger partial charge on any atom is -0.478 e. The average Bonchev–Trinajstić information content (AvgIpc) is 2.56. The third kappa shape index (κ3) is 9.30. The Morgan fingerprint density at radius 1 is 0.727 bits per heavy atom. The third-order valence-corrected chi connectivity index (χ3v) is 3.35. The first-order chi connectivity index (χ1) is 14.8. The van der Waals surface area contributed by atoms with Gasteiger partial charge in [-0.3, -0.25) is 0 Å². The summed E-state index contributed by atoms with van der Waals surface area (Å²) in [6.07, 6.45) is -3.56. The number of hydrogen-bond donors (Lipinski definition) is 1. The number of amides is 3. The number of benzene rings is 1. The van der Waals surface area contributed by atoms with E-state index in [4.69, 9.17) is 14.2 Å². The summed E-state index contributed by atoms with van der Waals surface area (Å²) in [7, 11) is 0. The monoisotopic (exact) mass is 464 g/mol. The molecule has 3 amide bonds. The highest BCUT2D eigenvalue weighted by Gasteiger charge is 2.37. The molecule has 1 aromatic carbocycles. The number of amidine groups is 1. The minimum atomic E-state index is -1.36. The Morgan fingerprint density at radius 3 is 1.48 bits per heavy atom. The molecule has 10 nitrogen and oxygen atoms in total. The SMILES string of the molecule is CC(C)(C)OC(=O)N=C(c1ccccc1C(=O)O)N(C(=O)OC(C)(C)C)C(=O)OC(C)(C)C. The lowest BCUT2D eigenvalue weighted by Crippen LogP contribution is -2.48. The van der Waals surface area contributed by atoms with Crippen LogP contribution in [0.5, 0.6) is 0 Å². The smallest absolute Gasteiger partial charge is 0.436 e. The first-order valence-electron chi connectivity index (χ1n) is 10.2. The summed E-state index contributed by atoms with van der Waals surface area (Å²) in [5.41, 5.74) is -3.49. The zero-order chi connectivity index (χ0) is 25.8. The van der Waals surface area contributed by atoms with Crippen molar-refractivity contribution in [1.29, 1.82) is 0 Å². The zero-order valence-corrected chi connectivity index (χ0v) is 20.5. The molecular formula is C23H32N2O8. The lowest BCUT2D eigenvalue weighted by molar-refractivity contribution is 0.0147. The van der Waals surface area contributed by atoms with Gasteiger partial charge in [-0.25, -0.2) is 19.2 Å². The molecule has 0 radical (unpaired) electrons. The molecular weight excluding hydrogens is 432 g/mol. The number of imide groups is 1. The third-order valence-electron chi connectivity index (χ3n) is 3.35. The fraction of sp³-hybridized carbons (Fsp3) is 0.522. The van der Waals surface area contributed by atoms with Crippen LogP contribution in [-0.4, -0.2) is 56.9 Å². The Morgan fingerprint density at radius 2 is 1.12 bits per heavy atom. The molecule has 0 saturated carbocycles. The maximum absolute atomic E-state index is 13.1. The molecule has 0 fully saturated rings. The van der Waals surface area contributed by atoms with Gasteiger partial charge in [-0.2, -0.15) is 9.89 Å². The predicted molar refractivity (Wildman–Crippen MR) is 120 cm³/mol. The van der Waals surface area contributed by atoms with Crippen molar-refractivity contribution in [3.63, 3.8) is 0 Å². The number of ether oxygens (including phenoxy) is 3. The van der Waals surface area contributed by atoms with Crippen LogP contribution in [0.25, 0.3) is 0 Å². The van der Waals surface area contributed by atoms with Crippen molar-refractivity contribution in [1.82, 2.24) is 4.90 Å². The largest absolute Gasteiger partial charge is 0.478 e. The van der Waals surface area contributed by atoms with Crippen LogP contribution in [0.2, 0.25) is 0 Å². The Bertz CT molecular complexity index is 918. The van der Waals surface area contributed by atoms with Crippen LogP contribution in [0, 0.1) is 0 Å². The normalized spacial score (nSPS) is 12.6.